The molecule has 1 aromatic rings. The second kappa shape index (κ2) is 8.18. The molecule has 0 unspecified atom stereocenters. The number of rotatable bonds is 6. The van der Waals surface area contributed by atoms with Crippen molar-refractivity contribution in [2.24, 2.45) is 5.92 Å². The van der Waals surface area contributed by atoms with Gasteiger partial charge in [-0.15, -0.1) is 0 Å². The van der Waals surface area contributed by atoms with Gasteiger partial charge >= 0.3 is 5.97 Å². The number of hydrogen-bond donors (Lipinski definition) is 1. The molecule has 0 heterocycles. The molecule has 1 aliphatic rings. The molecule has 1 N–H and O–H groups in total. The summed E-state index contributed by atoms with van der Waals surface area (Å²) in [5.41, 5.74) is 0.893. The van der Waals surface area contributed by atoms with Crippen LogP contribution >= 0.6 is 11.6 Å². The van der Waals surface area contributed by atoms with Crippen LogP contribution in [0.3, 0.4) is 0 Å². The van der Waals surface area contributed by atoms with Crippen molar-refractivity contribution in [1.29, 1.82) is 0 Å². The predicted molar refractivity (Wildman–Crippen MR) is 85.7 cm³/mol. The third kappa shape index (κ3) is 5.02. The van der Waals surface area contributed by atoms with Crippen molar-refractivity contribution in [3.8, 4) is 0 Å². The van der Waals surface area contributed by atoms with Gasteiger partial charge in [-0.1, -0.05) is 36.6 Å². The van der Waals surface area contributed by atoms with Gasteiger partial charge < -0.3 is 10.1 Å². The average Bonchev–Trinajstić information content (AvgIpc) is 2.98. The molecule has 1 amide bonds. The van der Waals surface area contributed by atoms with Crippen molar-refractivity contribution in [3.05, 3.63) is 34.9 Å². The monoisotopic (exact) mass is 323 g/mol. The van der Waals surface area contributed by atoms with E-state index in [9.17, 15) is 9.59 Å². The van der Waals surface area contributed by atoms with Crippen molar-refractivity contribution >= 4 is 23.5 Å². The van der Waals surface area contributed by atoms with Crippen molar-refractivity contribution < 1.29 is 14.3 Å². The van der Waals surface area contributed by atoms with Crippen LogP contribution in [0.15, 0.2) is 24.3 Å². The first-order valence-corrected chi connectivity index (χ1v) is 8.08. The molecule has 0 radical (unpaired) electrons. The topological polar surface area (TPSA) is 55.4 Å². The van der Waals surface area contributed by atoms with Gasteiger partial charge in [0, 0.05) is 17.9 Å². The second-order valence-electron chi connectivity index (χ2n) is 5.83. The molecule has 1 aromatic carbocycles. The lowest BCUT2D eigenvalue weighted by Gasteiger charge is -2.18. The molecular formula is C17H22ClNO3. The maximum absolute atomic E-state index is 12.1. The Morgan fingerprint density at radius 3 is 2.73 bits per heavy atom. The van der Waals surface area contributed by atoms with E-state index in [1.54, 1.807) is 12.1 Å². The van der Waals surface area contributed by atoms with Gasteiger partial charge in [0.05, 0.1) is 7.11 Å². The Labute approximate surface area is 136 Å². The molecule has 1 fully saturated rings. The number of halogens is 1. The van der Waals surface area contributed by atoms with Gasteiger partial charge in [-0.05, 0) is 36.5 Å². The Kier molecular flexibility index (Phi) is 6.25. The van der Waals surface area contributed by atoms with Crippen LogP contribution in [0.4, 0.5) is 0 Å². The maximum Gasteiger partial charge on any atom is 0.328 e. The minimum absolute atomic E-state index is 0.0793. The number of carbonyl (C=O) groups is 2. The fourth-order valence-electron chi connectivity index (χ4n) is 2.97. The summed E-state index contributed by atoms with van der Waals surface area (Å²) in [6, 6.07) is 6.60. The Balaban J connectivity index is 1.96. The minimum atomic E-state index is -0.669. The normalized spacial score (nSPS) is 16.3. The lowest BCUT2D eigenvalue weighted by atomic mass is 10.0. The average molecular weight is 324 g/mol. The molecule has 0 saturated heterocycles. The Morgan fingerprint density at radius 1 is 1.36 bits per heavy atom. The van der Waals surface area contributed by atoms with Crippen LogP contribution in [-0.2, 0) is 20.7 Å². The lowest BCUT2D eigenvalue weighted by Crippen LogP contribution is -2.43. The quantitative estimate of drug-likeness (QED) is 0.818. The fourth-order valence-corrected chi connectivity index (χ4v) is 3.18. The van der Waals surface area contributed by atoms with Crippen LogP contribution < -0.4 is 5.32 Å². The smallest absolute Gasteiger partial charge is 0.328 e. The molecule has 2 rings (SSSR count). The van der Waals surface area contributed by atoms with E-state index in [2.05, 4.69) is 5.32 Å². The summed E-state index contributed by atoms with van der Waals surface area (Å²) < 4.78 is 4.80. The van der Waals surface area contributed by atoms with E-state index in [4.69, 9.17) is 16.3 Å². The van der Waals surface area contributed by atoms with Crippen molar-refractivity contribution in [3.63, 3.8) is 0 Å². The summed E-state index contributed by atoms with van der Waals surface area (Å²) in [6.07, 6.45) is 5.46. The van der Waals surface area contributed by atoms with Crippen molar-refractivity contribution in [1.82, 2.24) is 5.32 Å². The molecule has 22 heavy (non-hydrogen) atoms. The van der Waals surface area contributed by atoms with Gasteiger partial charge in [0.1, 0.15) is 6.04 Å². The molecule has 1 saturated carbocycles. The van der Waals surface area contributed by atoms with Gasteiger partial charge in [0.25, 0.3) is 0 Å². The Hall–Kier alpha value is -1.55. The summed E-state index contributed by atoms with van der Waals surface area (Å²) in [6.45, 7) is 0. The van der Waals surface area contributed by atoms with Gasteiger partial charge in [0.15, 0.2) is 0 Å². The van der Waals surface area contributed by atoms with E-state index in [1.165, 1.54) is 20.0 Å². The molecular weight excluding hydrogens is 302 g/mol. The predicted octanol–water partition coefficient (Wildman–Crippen LogP) is 3.12. The summed E-state index contributed by atoms with van der Waals surface area (Å²) in [4.78, 5) is 24.0. The van der Waals surface area contributed by atoms with Crippen LogP contribution in [-0.4, -0.2) is 25.0 Å². The summed E-state index contributed by atoms with van der Waals surface area (Å²) in [5.74, 6) is -0.0615. The molecule has 0 bridgehead atoms. The van der Waals surface area contributed by atoms with Crippen LogP contribution in [0.2, 0.25) is 5.02 Å². The highest BCUT2D eigenvalue weighted by atomic mass is 35.5. The summed E-state index contributed by atoms with van der Waals surface area (Å²) in [7, 11) is 1.33. The molecule has 0 aromatic heterocycles. The molecule has 120 valence electrons. The van der Waals surface area contributed by atoms with Crippen LogP contribution in [0.25, 0.3) is 0 Å². The molecule has 1 aliphatic carbocycles. The van der Waals surface area contributed by atoms with Crippen LogP contribution in [0.5, 0.6) is 0 Å². The van der Waals surface area contributed by atoms with E-state index in [0.717, 1.165) is 18.4 Å². The third-order valence-electron chi connectivity index (χ3n) is 4.10. The van der Waals surface area contributed by atoms with Gasteiger partial charge in [-0.25, -0.2) is 4.79 Å². The maximum atomic E-state index is 12.1. The van der Waals surface area contributed by atoms with Crippen LogP contribution in [0, 0.1) is 5.92 Å². The number of carbonyl (C=O) groups excluding carboxylic acids is 2. The van der Waals surface area contributed by atoms with Crippen LogP contribution in [0.1, 0.15) is 37.7 Å². The first kappa shape index (κ1) is 16.8. The fraction of sp³-hybridized carbons (Fsp3) is 0.529. The number of nitrogens with one attached hydrogen (secondary N) is 1. The van der Waals surface area contributed by atoms with E-state index < -0.39 is 12.0 Å². The number of hydrogen-bond acceptors (Lipinski definition) is 3. The van der Waals surface area contributed by atoms with E-state index in [1.807, 2.05) is 12.1 Å². The second-order valence-corrected chi connectivity index (χ2v) is 6.27. The highest BCUT2D eigenvalue weighted by molar-refractivity contribution is 6.30. The lowest BCUT2D eigenvalue weighted by molar-refractivity contribution is -0.145. The third-order valence-corrected chi connectivity index (χ3v) is 4.33. The molecule has 4 nitrogen and oxygen atoms in total. The van der Waals surface area contributed by atoms with Crippen molar-refractivity contribution in [2.75, 3.05) is 7.11 Å². The Morgan fingerprint density at radius 2 is 2.09 bits per heavy atom. The summed E-state index contributed by atoms with van der Waals surface area (Å²) >= 11 is 5.96. The van der Waals surface area contributed by atoms with Gasteiger partial charge in [-0.2, -0.15) is 0 Å². The highest BCUT2D eigenvalue weighted by Crippen LogP contribution is 2.27. The summed E-state index contributed by atoms with van der Waals surface area (Å²) in [5, 5.41) is 3.42. The highest BCUT2D eigenvalue weighted by Gasteiger charge is 2.24. The molecule has 5 heteroatoms. The molecule has 0 spiro atoms. The van der Waals surface area contributed by atoms with Gasteiger partial charge in [0.2, 0.25) is 5.91 Å². The van der Waals surface area contributed by atoms with E-state index >= 15 is 0 Å². The largest absolute Gasteiger partial charge is 0.467 e. The molecule has 1 atom stereocenters. The number of ether oxygens (including phenoxy) is 1. The number of methoxy groups -OCH3 is 1. The number of esters is 1. The van der Waals surface area contributed by atoms with Gasteiger partial charge in [-0.3, -0.25) is 4.79 Å². The number of benzene rings is 1. The molecule has 0 aliphatic heterocycles. The minimum Gasteiger partial charge on any atom is -0.467 e. The van der Waals surface area contributed by atoms with E-state index in [0.29, 0.717) is 23.8 Å². The SMILES string of the molecule is COC(=O)[C@@H](Cc1cccc(Cl)c1)NC(=O)CC1CCCC1. The zero-order valence-corrected chi connectivity index (χ0v) is 13.6. The Bertz CT molecular complexity index is 526. The first-order chi connectivity index (χ1) is 10.6. The first-order valence-electron chi connectivity index (χ1n) is 7.70. The van der Waals surface area contributed by atoms with Crippen molar-refractivity contribution in [2.45, 2.75) is 44.6 Å². The number of amides is 1. The van der Waals surface area contributed by atoms with E-state index in [-0.39, 0.29) is 5.91 Å². The standard InChI is InChI=1S/C17H22ClNO3/c1-22-17(21)15(10-13-7-4-8-14(18)9-13)19-16(20)11-12-5-2-3-6-12/h4,7-9,12,15H,2-3,5-6,10-11H2,1H3,(H,19,20)/t15-/m1/s1. The zero-order valence-electron chi connectivity index (χ0n) is 12.8. The zero-order chi connectivity index (χ0) is 15.9.